The van der Waals surface area contributed by atoms with Gasteiger partial charge in [-0.25, -0.2) is 0 Å². The van der Waals surface area contributed by atoms with E-state index in [1.165, 1.54) is 0 Å². The SMILES string of the molecule is CC(C)(C)c1nccc2n[nH]nc12. The fourth-order valence-electron chi connectivity index (χ4n) is 1.32. The molecule has 0 aliphatic carbocycles. The van der Waals surface area contributed by atoms with Crippen LogP contribution in [-0.4, -0.2) is 20.4 Å². The highest BCUT2D eigenvalue weighted by Gasteiger charge is 2.19. The minimum absolute atomic E-state index is 0.0103. The second kappa shape index (κ2) is 2.52. The lowest BCUT2D eigenvalue weighted by Gasteiger charge is -2.16. The minimum Gasteiger partial charge on any atom is -0.258 e. The lowest BCUT2D eigenvalue weighted by atomic mass is 9.91. The lowest BCUT2D eigenvalue weighted by molar-refractivity contribution is 0.574. The van der Waals surface area contributed by atoms with Crippen LogP contribution in [0.1, 0.15) is 26.5 Å². The summed E-state index contributed by atoms with van der Waals surface area (Å²) in [6, 6.07) is 1.86. The van der Waals surface area contributed by atoms with Crippen molar-refractivity contribution in [3.63, 3.8) is 0 Å². The van der Waals surface area contributed by atoms with E-state index in [0.717, 1.165) is 16.7 Å². The third kappa shape index (κ3) is 1.28. The number of hydrogen-bond acceptors (Lipinski definition) is 3. The van der Waals surface area contributed by atoms with Crippen LogP contribution in [0.5, 0.6) is 0 Å². The van der Waals surface area contributed by atoms with Gasteiger partial charge in [0.2, 0.25) is 0 Å². The van der Waals surface area contributed by atoms with Crippen LogP contribution in [0, 0.1) is 0 Å². The number of hydrogen-bond donors (Lipinski definition) is 1. The predicted octanol–water partition coefficient (Wildman–Crippen LogP) is 1.65. The fraction of sp³-hybridized carbons (Fsp3) is 0.444. The molecule has 0 radical (unpaired) electrons. The van der Waals surface area contributed by atoms with Crippen LogP contribution in [0.25, 0.3) is 11.0 Å². The molecule has 68 valence electrons. The standard InChI is InChI=1S/C9H12N4/c1-9(2,3)8-7-6(4-5-10-8)11-13-12-7/h4-5H,1-3H3,(H,11,12,13). The number of nitrogens with one attached hydrogen (secondary N) is 1. The zero-order chi connectivity index (χ0) is 9.47. The van der Waals surface area contributed by atoms with Gasteiger partial charge in [-0.3, -0.25) is 4.98 Å². The van der Waals surface area contributed by atoms with E-state index in [-0.39, 0.29) is 5.41 Å². The molecule has 0 unspecified atom stereocenters. The Balaban J connectivity index is 2.75. The molecule has 0 bridgehead atoms. The van der Waals surface area contributed by atoms with Crippen LogP contribution in [-0.2, 0) is 5.41 Å². The molecular formula is C9H12N4. The maximum atomic E-state index is 4.33. The highest BCUT2D eigenvalue weighted by Crippen LogP contribution is 2.24. The Morgan fingerprint density at radius 2 is 2.00 bits per heavy atom. The van der Waals surface area contributed by atoms with Gasteiger partial charge in [-0.15, -0.1) is 0 Å². The van der Waals surface area contributed by atoms with E-state index in [1.54, 1.807) is 6.20 Å². The first-order valence-electron chi connectivity index (χ1n) is 4.25. The summed E-state index contributed by atoms with van der Waals surface area (Å²) in [5.41, 5.74) is 2.74. The first-order valence-corrected chi connectivity index (χ1v) is 4.25. The van der Waals surface area contributed by atoms with E-state index in [0.29, 0.717) is 0 Å². The molecular weight excluding hydrogens is 164 g/mol. The smallest absolute Gasteiger partial charge is 0.134 e. The number of aromatic nitrogens is 4. The summed E-state index contributed by atoms with van der Waals surface area (Å²) in [7, 11) is 0. The molecule has 2 heterocycles. The van der Waals surface area contributed by atoms with Gasteiger partial charge in [-0.05, 0) is 6.07 Å². The molecule has 0 saturated carbocycles. The summed E-state index contributed by atoms with van der Waals surface area (Å²) >= 11 is 0. The van der Waals surface area contributed by atoms with Crippen molar-refractivity contribution in [2.24, 2.45) is 0 Å². The lowest BCUT2D eigenvalue weighted by Crippen LogP contribution is -2.13. The first-order chi connectivity index (χ1) is 6.09. The van der Waals surface area contributed by atoms with Crippen LogP contribution < -0.4 is 0 Å². The normalized spacial score (nSPS) is 12.2. The Morgan fingerprint density at radius 3 is 2.69 bits per heavy atom. The van der Waals surface area contributed by atoms with Crippen molar-refractivity contribution in [2.75, 3.05) is 0 Å². The molecule has 2 rings (SSSR count). The second-order valence-electron chi connectivity index (χ2n) is 4.10. The Kier molecular flexibility index (Phi) is 1.58. The molecule has 2 aromatic heterocycles. The summed E-state index contributed by atoms with van der Waals surface area (Å²) in [5.74, 6) is 0. The van der Waals surface area contributed by atoms with Gasteiger partial charge in [0, 0.05) is 11.6 Å². The maximum Gasteiger partial charge on any atom is 0.134 e. The van der Waals surface area contributed by atoms with Crippen molar-refractivity contribution >= 4 is 11.0 Å². The average molecular weight is 176 g/mol. The predicted molar refractivity (Wildman–Crippen MR) is 50.4 cm³/mol. The van der Waals surface area contributed by atoms with E-state index >= 15 is 0 Å². The third-order valence-corrected chi connectivity index (χ3v) is 1.95. The fourth-order valence-corrected chi connectivity index (χ4v) is 1.32. The van der Waals surface area contributed by atoms with Gasteiger partial charge in [0.15, 0.2) is 0 Å². The minimum atomic E-state index is 0.0103. The molecule has 0 fully saturated rings. The number of H-pyrrole nitrogens is 1. The molecule has 1 N–H and O–H groups in total. The van der Waals surface area contributed by atoms with Crippen molar-refractivity contribution < 1.29 is 0 Å². The third-order valence-electron chi connectivity index (χ3n) is 1.95. The number of aromatic amines is 1. The molecule has 0 spiro atoms. The highest BCUT2D eigenvalue weighted by atomic mass is 15.3. The van der Waals surface area contributed by atoms with Gasteiger partial charge in [-0.1, -0.05) is 20.8 Å². The molecule has 0 aliphatic rings. The molecule has 4 nitrogen and oxygen atoms in total. The molecule has 0 aromatic carbocycles. The van der Waals surface area contributed by atoms with Crippen LogP contribution in [0.2, 0.25) is 0 Å². The molecule has 0 amide bonds. The highest BCUT2D eigenvalue weighted by molar-refractivity contribution is 5.76. The van der Waals surface area contributed by atoms with Gasteiger partial charge in [0.25, 0.3) is 0 Å². The second-order valence-corrected chi connectivity index (χ2v) is 4.10. The van der Waals surface area contributed by atoms with Crippen LogP contribution in [0.4, 0.5) is 0 Å². The number of fused-ring (bicyclic) bond motifs is 1. The van der Waals surface area contributed by atoms with E-state index in [9.17, 15) is 0 Å². The van der Waals surface area contributed by atoms with Crippen molar-refractivity contribution in [3.05, 3.63) is 18.0 Å². The van der Waals surface area contributed by atoms with Gasteiger partial charge in [0.05, 0.1) is 5.69 Å². The topological polar surface area (TPSA) is 54.5 Å². The Bertz CT molecular complexity index is 424. The largest absolute Gasteiger partial charge is 0.258 e. The van der Waals surface area contributed by atoms with Crippen molar-refractivity contribution in [2.45, 2.75) is 26.2 Å². The number of rotatable bonds is 0. The van der Waals surface area contributed by atoms with Gasteiger partial charge >= 0.3 is 0 Å². The van der Waals surface area contributed by atoms with Crippen molar-refractivity contribution in [3.8, 4) is 0 Å². The first kappa shape index (κ1) is 8.16. The van der Waals surface area contributed by atoms with Gasteiger partial charge in [-0.2, -0.15) is 15.4 Å². The number of pyridine rings is 1. The summed E-state index contributed by atoms with van der Waals surface area (Å²) in [5, 5.41) is 10.7. The molecule has 0 atom stereocenters. The van der Waals surface area contributed by atoms with E-state index in [1.807, 2.05) is 6.07 Å². The van der Waals surface area contributed by atoms with Crippen molar-refractivity contribution in [1.29, 1.82) is 0 Å². The quantitative estimate of drug-likeness (QED) is 0.664. The zero-order valence-electron chi connectivity index (χ0n) is 8.00. The zero-order valence-corrected chi connectivity index (χ0v) is 8.00. The summed E-state index contributed by atoms with van der Waals surface area (Å²) in [6.45, 7) is 6.34. The number of nitrogens with zero attached hydrogens (tertiary/aromatic N) is 3. The van der Waals surface area contributed by atoms with E-state index in [2.05, 4.69) is 41.2 Å². The van der Waals surface area contributed by atoms with Crippen LogP contribution >= 0.6 is 0 Å². The summed E-state index contributed by atoms with van der Waals surface area (Å²) in [4.78, 5) is 4.33. The van der Waals surface area contributed by atoms with Crippen LogP contribution in [0.15, 0.2) is 12.3 Å². The van der Waals surface area contributed by atoms with E-state index < -0.39 is 0 Å². The molecule has 13 heavy (non-hydrogen) atoms. The Morgan fingerprint density at radius 1 is 1.23 bits per heavy atom. The molecule has 2 aromatic rings. The van der Waals surface area contributed by atoms with Gasteiger partial charge < -0.3 is 0 Å². The Hall–Kier alpha value is -1.45. The molecule has 4 heteroatoms. The summed E-state index contributed by atoms with van der Waals surface area (Å²) in [6.07, 6.45) is 1.77. The van der Waals surface area contributed by atoms with E-state index in [4.69, 9.17) is 0 Å². The average Bonchev–Trinajstić information content (AvgIpc) is 2.48. The monoisotopic (exact) mass is 176 g/mol. The van der Waals surface area contributed by atoms with Gasteiger partial charge in [0.1, 0.15) is 11.0 Å². The summed E-state index contributed by atoms with van der Waals surface area (Å²) < 4.78 is 0. The van der Waals surface area contributed by atoms with Crippen molar-refractivity contribution in [1.82, 2.24) is 20.4 Å². The molecule has 0 saturated heterocycles. The maximum absolute atomic E-state index is 4.33. The van der Waals surface area contributed by atoms with Crippen LogP contribution in [0.3, 0.4) is 0 Å². The Labute approximate surface area is 76.4 Å². The molecule has 0 aliphatic heterocycles.